The number of rotatable bonds is 3. The molecular weight excluding hydrogens is 419 g/mol. The van der Waals surface area contributed by atoms with Gasteiger partial charge in [-0.15, -0.1) is 0 Å². The molecule has 144 valence electrons. The van der Waals surface area contributed by atoms with Crippen molar-refractivity contribution in [3.05, 3.63) is 53.2 Å². The van der Waals surface area contributed by atoms with Crippen LogP contribution in [0.25, 0.3) is 10.0 Å². The van der Waals surface area contributed by atoms with Gasteiger partial charge in [-0.2, -0.15) is 0 Å². The Morgan fingerprint density at radius 2 is 2.04 bits per heavy atom. The summed E-state index contributed by atoms with van der Waals surface area (Å²) in [6.45, 7) is 4.07. The van der Waals surface area contributed by atoms with Crippen LogP contribution in [0.3, 0.4) is 0 Å². The molecule has 0 spiro atoms. The van der Waals surface area contributed by atoms with Gasteiger partial charge in [0.1, 0.15) is 0 Å². The van der Waals surface area contributed by atoms with Crippen molar-refractivity contribution in [1.29, 1.82) is 0 Å². The number of aromatic nitrogens is 2. The van der Waals surface area contributed by atoms with Gasteiger partial charge < -0.3 is 0 Å². The van der Waals surface area contributed by atoms with E-state index >= 15 is 0 Å². The number of aryl methyl sites for hydroxylation is 1. The van der Waals surface area contributed by atoms with Crippen LogP contribution >= 0.6 is 0 Å². The Morgan fingerprint density at radius 1 is 1.18 bits per heavy atom. The Balaban J connectivity index is 1.56. The Hall–Kier alpha value is -2.30. The average Bonchev–Trinajstić information content (AvgIpc) is 3.19. The van der Waals surface area contributed by atoms with Gasteiger partial charge in [0.05, 0.1) is 0 Å². The van der Waals surface area contributed by atoms with E-state index in [1.54, 1.807) is 7.11 Å². The first-order valence-electron chi connectivity index (χ1n) is 9.55. The Bertz CT molecular complexity index is 1040. The molecule has 1 atom stereocenters. The van der Waals surface area contributed by atoms with Gasteiger partial charge in [-0.1, -0.05) is 0 Å². The Kier molecular flexibility index (Phi) is 4.22. The first-order chi connectivity index (χ1) is 13.6. The van der Waals surface area contributed by atoms with E-state index in [1.807, 2.05) is 26.0 Å². The van der Waals surface area contributed by atoms with Crippen molar-refractivity contribution in [3.8, 4) is 27.2 Å². The van der Waals surface area contributed by atoms with Crippen LogP contribution in [0.2, 0.25) is 0 Å². The van der Waals surface area contributed by atoms with Gasteiger partial charge in [-0.3, -0.25) is 0 Å². The third-order valence-electron chi connectivity index (χ3n) is 5.52. The summed E-state index contributed by atoms with van der Waals surface area (Å²) >= 11 is -0.0270. The van der Waals surface area contributed by atoms with Gasteiger partial charge in [0, 0.05) is 0 Å². The number of fused-ring (bicyclic) bond motifs is 4. The molecule has 0 amide bonds. The summed E-state index contributed by atoms with van der Waals surface area (Å²) in [5, 5.41) is 4.34. The van der Waals surface area contributed by atoms with E-state index in [2.05, 4.69) is 33.5 Å². The van der Waals surface area contributed by atoms with Crippen molar-refractivity contribution in [2.75, 3.05) is 7.11 Å². The first kappa shape index (κ1) is 17.8. The van der Waals surface area contributed by atoms with Crippen molar-refractivity contribution in [2.24, 2.45) is 0 Å². The molecule has 5 rings (SSSR count). The average molecular weight is 441 g/mol. The molecule has 3 aromatic rings. The number of hydrogen-bond acceptors (Lipinski definition) is 5. The zero-order chi connectivity index (χ0) is 19.3. The van der Waals surface area contributed by atoms with E-state index in [-0.39, 0.29) is 20.8 Å². The van der Waals surface area contributed by atoms with Gasteiger partial charge in [0.15, 0.2) is 0 Å². The summed E-state index contributed by atoms with van der Waals surface area (Å²) < 4.78 is 23.9. The van der Waals surface area contributed by atoms with Crippen LogP contribution in [0.1, 0.15) is 49.6 Å². The second-order valence-electron chi connectivity index (χ2n) is 7.76. The zero-order valence-electron chi connectivity index (χ0n) is 16.2. The molecule has 6 heteroatoms. The Labute approximate surface area is 170 Å². The standard InChI is InChI=1S/C22H22N2O3Se/c1-22(2)21-20(28-24-23-21)15-11-18(25-3)19(12-17(15)27-22)26-16-10-6-8-13-7-4-5-9-14(13)16/h4-5,7,9,11-12,16H,6,8,10H2,1-3H3. The molecule has 2 heterocycles. The van der Waals surface area contributed by atoms with Crippen molar-refractivity contribution in [2.45, 2.75) is 44.8 Å². The fraction of sp³-hybridized carbons (Fsp3) is 0.364. The van der Waals surface area contributed by atoms with Crippen molar-refractivity contribution < 1.29 is 14.2 Å². The summed E-state index contributed by atoms with van der Waals surface area (Å²) in [6, 6.07) is 12.5. The number of ether oxygens (including phenoxy) is 3. The van der Waals surface area contributed by atoms with E-state index in [1.165, 1.54) is 15.6 Å². The number of hydrogen-bond donors (Lipinski definition) is 0. The van der Waals surface area contributed by atoms with Crippen molar-refractivity contribution in [3.63, 3.8) is 0 Å². The summed E-state index contributed by atoms with van der Waals surface area (Å²) in [7, 11) is 1.68. The molecule has 0 fully saturated rings. The van der Waals surface area contributed by atoms with Crippen LogP contribution in [0.5, 0.6) is 17.2 Å². The summed E-state index contributed by atoms with van der Waals surface area (Å²) in [6.07, 6.45) is 3.27. The number of nitrogens with zero attached hydrogens (tertiary/aromatic N) is 2. The molecule has 1 aliphatic carbocycles. The fourth-order valence-electron chi connectivity index (χ4n) is 4.12. The predicted octanol–water partition coefficient (Wildman–Crippen LogP) is 4.29. The number of benzene rings is 2. The van der Waals surface area contributed by atoms with Crippen molar-refractivity contribution >= 4 is 14.7 Å². The molecule has 0 saturated carbocycles. The van der Waals surface area contributed by atoms with Crippen LogP contribution < -0.4 is 14.2 Å². The SMILES string of the molecule is COc1cc2c(cc1OC1CCCc3ccccc31)OC(C)(C)c1nn[se]c1-2. The van der Waals surface area contributed by atoms with Crippen molar-refractivity contribution in [1.82, 2.24) is 9.19 Å². The number of methoxy groups -OCH3 is 1. The molecule has 1 aliphatic heterocycles. The normalized spacial score (nSPS) is 19.0. The molecule has 1 aromatic heterocycles. The molecule has 0 bridgehead atoms. The van der Waals surface area contributed by atoms with Crippen LogP contribution in [-0.2, 0) is 12.0 Å². The summed E-state index contributed by atoms with van der Waals surface area (Å²) in [4.78, 5) is 0. The maximum absolute atomic E-state index is 6.49. The van der Waals surface area contributed by atoms with Crippen LogP contribution in [0, 0.1) is 0 Å². The van der Waals surface area contributed by atoms with Gasteiger partial charge in [0.2, 0.25) is 0 Å². The molecule has 0 saturated heterocycles. The third kappa shape index (κ3) is 2.83. The minimum atomic E-state index is -0.493. The molecule has 0 N–H and O–H groups in total. The topological polar surface area (TPSA) is 53.5 Å². The molecule has 2 aliphatic rings. The molecular formula is C22H22N2O3Se. The minimum absolute atomic E-state index is 0.0270. The molecule has 1 unspecified atom stereocenters. The molecule has 2 aromatic carbocycles. The van der Waals surface area contributed by atoms with Gasteiger partial charge in [-0.05, 0) is 0 Å². The summed E-state index contributed by atoms with van der Waals surface area (Å²) in [5.41, 5.74) is 4.11. The van der Waals surface area contributed by atoms with Crippen LogP contribution in [0.4, 0.5) is 0 Å². The fourth-order valence-corrected chi connectivity index (χ4v) is 5.88. The van der Waals surface area contributed by atoms with E-state index in [0.29, 0.717) is 0 Å². The molecule has 28 heavy (non-hydrogen) atoms. The van der Waals surface area contributed by atoms with Gasteiger partial charge >= 0.3 is 171 Å². The monoisotopic (exact) mass is 442 g/mol. The van der Waals surface area contributed by atoms with Crippen LogP contribution in [0.15, 0.2) is 36.4 Å². The second-order valence-corrected chi connectivity index (χ2v) is 9.34. The van der Waals surface area contributed by atoms with E-state index in [9.17, 15) is 0 Å². The molecule has 0 radical (unpaired) electrons. The van der Waals surface area contributed by atoms with Gasteiger partial charge in [0.25, 0.3) is 0 Å². The van der Waals surface area contributed by atoms with Gasteiger partial charge in [-0.25, -0.2) is 0 Å². The summed E-state index contributed by atoms with van der Waals surface area (Å²) in [5.74, 6) is 2.26. The van der Waals surface area contributed by atoms with E-state index in [0.717, 1.165) is 47.8 Å². The first-order valence-corrected chi connectivity index (χ1v) is 11.2. The zero-order valence-corrected chi connectivity index (χ0v) is 17.9. The quantitative estimate of drug-likeness (QED) is 0.568. The maximum atomic E-state index is 6.49. The third-order valence-corrected chi connectivity index (χ3v) is 7.11. The predicted molar refractivity (Wildman–Crippen MR) is 107 cm³/mol. The van der Waals surface area contributed by atoms with E-state index < -0.39 is 5.60 Å². The van der Waals surface area contributed by atoms with E-state index in [4.69, 9.17) is 14.2 Å². The van der Waals surface area contributed by atoms with Crippen LogP contribution in [-0.4, -0.2) is 31.0 Å². The Morgan fingerprint density at radius 3 is 2.89 bits per heavy atom. The second kappa shape index (κ2) is 6.64. The molecule has 5 nitrogen and oxygen atoms in total.